The van der Waals surface area contributed by atoms with Gasteiger partial charge in [-0.3, -0.25) is 0 Å². The topological polar surface area (TPSA) is 38.7 Å². The summed E-state index contributed by atoms with van der Waals surface area (Å²) < 4.78 is 11.3. The second-order valence-corrected chi connectivity index (χ2v) is 5.55. The molecule has 0 bridgehead atoms. The van der Waals surface area contributed by atoms with Crippen molar-refractivity contribution in [3.05, 3.63) is 54.1 Å². The first-order chi connectivity index (χ1) is 10.3. The van der Waals surface area contributed by atoms with E-state index in [0.717, 1.165) is 17.1 Å². The van der Waals surface area contributed by atoms with Crippen molar-refractivity contribution in [3.63, 3.8) is 0 Å². The molecule has 21 heavy (non-hydrogen) atoms. The molecule has 0 aliphatic carbocycles. The van der Waals surface area contributed by atoms with E-state index in [4.69, 9.17) is 14.6 Å². The van der Waals surface area contributed by atoms with Gasteiger partial charge in [0.25, 0.3) is 0 Å². The largest absolute Gasteiger partial charge is 0.490 e. The van der Waals surface area contributed by atoms with Gasteiger partial charge in [-0.15, -0.1) is 11.8 Å². The zero-order chi connectivity index (χ0) is 14.9. The lowest BCUT2D eigenvalue weighted by molar-refractivity contribution is 0.274. The quantitative estimate of drug-likeness (QED) is 0.595. The van der Waals surface area contributed by atoms with E-state index in [2.05, 4.69) is 12.1 Å². The van der Waals surface area contributed by atoms with Crippen LogP contribution in [0.15, 0.2) is 53.4 Å². The first-order valence-electron chi connectivity index (χ1n) is 7.00. The van der Waals surface area contributed by atoms with Gasteiger partial charge in [-0.25, -0.2) is 0 Å². The predicted molar refractivity (Wildman–Crippen MR) is 86.2 cm³/mol. The van der Waals surface area contributed by atoms with E-state index < -0.39 is 0 Å². The van der Waals surface area contributed by atoms with Crippen LogP contribution >= 0.6 is 11.8 Å². The second-order valence-electron chi connectivity index (χ2n) is 4.38. The van der Waals surface area contributed by atoms with Crippen molar-refractivity contribution < 1.29 is 14.6 Å². The van der Waals surface area contributed by atoms with Crippen LogP contribution in [0.2, 0.25) is 0 Å². The number of hydrogen-bond acceptors (Lipinski definition) is 4. The summed E-state index contributed by atoms with van der Waals surface area (Å²) in [6.07, 6.45) is 0. The average molecular weight is 304 g/mol. The highest BCUT2D eigenvalue weighted by atomic mass is 32.2. The van der Waals surface area contributed by atoms with Gasteiger partial charge in [0.2, 0.25) is 0 Å². The second kappa shape index (κ2) is 8.60. The summed E-state index contributed by atoms with van der Waals surface area (Å²) in [5.74, 6) is 2.29. The van der Waals surface area contributed by atoms with Crippen LogP contribution in [0.5, 0.6) is 11.5 Å². The van der Waals surface area contributed by atoms with Crippen molar-refractivity contribution in [1.29, 1.82) is 0 Å². The molecule has 0 fully saturated rings. The van der Waals surface area contributed by atoms with E-state index in [9.17, 15) is 0 Å². The average Bonchev–Trinajstić information content (AvgIpc) is 2.54. The third-order valence-electron chi connectivity index (χ3n) is 2.84. The maximum Gasteiger partial charge on any atom is 0.161 e. The molecule has 0 atom stereocenters. The number of benzene rings is 2. The van der Waals surface area contributed by atoms with Crippen LogP contribution in [0.25, 0.3) is 0 Å². The van der Waals surface area contributed by atoms with E-state index in [1.54, 1.807) is 11.8 Å². The van der Waals surface area contributed by atoms with Crippen LogP contribution in [0.4, 0.5) is 0 Å². The summed E-state index contributed by atoms with van der Waals surface area (Å²) >= 11 is 1.76. The minimum Gasteiger partial charge on any atom is -0.490 e. The number of hydrogen-bond donors (Lipinski definition) is 1. The molecule has 112 valence electrons. The smallest absolute Gasteiger partial charge is 0.161 e. The predicted octanol–water partition coefficient (Wildman–Crippen LogP) is 3.75. The van der Waals surface area contributed by atoms with Crippen LogP contribution in [0, 0.1) is 0 Å². The van der Waals surface area contributed by atoms with Gasteiger partial charge in [0.05, 0.1) is 19.8 Å². The third-order valence-corrected chi connectivity index (χ3v) is 3.82. The molecule has 4 heteroatoms. The Kier molecular flexibility index (Phi) is 6.44. The zero-order valence-corrected chi connectivity index (χ0v) is 12.9. The van der Waals surface area contributed by atoms with Crippen LogP contribution < -0.4 is 9.47 Å². The molecule has 0 aromatic heterocycles. The van der Waals surface area contributed by atoms with E-state index >= 15 is 0 Å². The molecule has 0 amide bonds. The van der Waals surface area contributed by atoms with Crippen LogP contribution in [-0.4, -0.2) is 24.1 Å². The van der Waals surface area contributed by atoms with Crippen molar-refractivity contribution in [2.75, 3.05) is 19.0 Å². The SMILES string of the molecule is CCOc1cc(CO)ccc1OCCSc1ccccc1. The lowest BCUT2D eigenvalue weighted by Gasteiger charge is -2.12. The Morgan fingerprint density at radius 3 is 2.52 bits per heavy atom. The molecule has 0 aliphatic heterocycles. The third kappa shape index (κ3) is 4.99. The molecule has 2 rings (SSSR count). The highest BCUT2D eigenvalue weighted by Crippen LogP contribution is 2.29. The Morgan fingerprint density at radius 2 is 1.81 bits per heavy atom. The standard InChI is InChI=1S/C17H20O3S/c1-2-19-17-12-14(13-18)8-9-16(17)20-10-11-21-15-6-4-3-5-7-15/h3-9,12,18H,2,10-11,13H2,1H3. The molecular weight excluding hydrogens is 284 g/mol. The van der Waals surface area contributed by atoms with Gasteiger partial charge < -0.3 is 14.6 Å². The molecule has 2 aromatic rings. The molecule has 0 radical (unpaired) electrons. The van der Waals surface area contributed by atoms with Crippen molar-refractivity contribution in [1.82, 2.24) is 0 Å². The van der Waals surface area contributed by atoms with Crippen molar-refractivity contribution in [3.8, 4) is 11.5 Å². The summed E-state index contributed by atoms with van der Waals surface area (Å²) in [4.78, 5) is 1.24. The first kappa shape index (κ1) is 15.7. The van der Waals surface area contributed by atoms with Gasteiger partial charge in [-0.2, -0.15) is 0 Å². The first-order valence-corrected chi connectivity index (χ1v) is 7.99. The normalized spacial score (nSPS) is 10.4. The Labute approximate surface area is 129 Å². The van der Waals surface area contributed by atoms with Crippen LogP contribution in [0.3, 0.4) is 0 Å². The number of rotatable bonds is 8. The summed E-state index contributed by atoms with van der Waals surface area (Å²) in [7, 11) is 0. The molecule has 0 saturated heterocycles. The molecule has 1 N–H and O–H groups in total. The van der Waals surface area contributed by atoms with Gasteiger partial charge >= 0.3 is 0 Å². The fraction of sp³-hybridized carbons (Fsp3) is 0.294. The molecule has 0 unspecified atom stereocenters. The molecule has 0 spiro atoms. The number of aliphatic hydroxyl groups is 1. The van der Waals surface area contributed by atoms with Crippen LogP contribution in [0.1, 0.15) is 12.5 Å². The monoisotopic (exact) mass is 304 g/mol. The highest BCUT2D eigenvalue weighted by molar-refractivity contribution is 7.99. The summed E-state index contributed by atoms with van der Waals surface area (Å²) in [6, 6.07) is 15.8. The minimum absolute atomic E-state index is 0.00418. The Hall–Kier alpha value is -1.65. The molecule has 3 nitrogen and oxygen atoms in total. The van der Waals surface area contributed by atoms with E-state index in [1.807, 2.05) is 43.3 Å². The Bertz CT molecular complexity index is 543. The number of ether oxygens (including phenoxy) is 2. The Balaban J connectivity index is 1.87. The van der Waals surface area contributed by atoms with Crippen molar-refractivity contribution in [2.24, 2.45) is 0 Å². The zero-order valence-electron chi connectivity index (χ0n) is 12.1. The maximum atomic E-state index is 9.16. The molecule has 2 aromatic carbocycles. The molecule has 0 saturated carbocycles. The van der Waals surface area contributed by atoms with E-state index in [1.165, 1.54) is 4.90 Å². The Morgan fingerprint density at radius 1 is 1.00 bits per heavy atom. The number of thioether (sulfide) groups is 1. The van der Waals surface area contributed by atoms with Crippen LogP contribution in [-0.2, 0) is 6.61 Å². The minimum atomic E-state index is 0.00418. The van der Waals surface area contributed by atoms with Gasteiger partial charge in [0.1, 0.15) is 0 Å². The molecular formula is C17H20O3S. The summed E-state index contributed by atoms with van der Waals surface area (Å²) in [5, 5.41) is 9.16. The maximum absolute atomic E-state index is 9.16. The van der Waals surface area contributed by atoms with Gasteiger partial charge in [0, 0.05) is 10.6 Å². The fourth-order valence-corrected chi connectivity index (χ4v) is 2.62. The van der Waals surface area contributed by atoms with E-state index in [-0.39, 0.29) is 6.61 Å². The molecule has 0 aliphatic rings. The fourth-order valence-electron chi connectivity index (χ4n) is 1.87. The summed E-state index contributed by atoms with van der Waals surface area (Å²) in [5.41, 5.74) is 0.824. The van der Waals surface area contributed by atoms with Gasteiger partial charge in [-0.05, 0) is 36.8 Å². The van der Waals surface area contributed by atoms with Crippen molar-refractivity contribution >= 4 is 11.8 Å². The number of aliphatic hydroxyl groups excluding tert-OH is 1. The lowest BCUT2D eigenvalue weighted by atomic mass is 10.2. The van der Waals surface area contributed by atoms with Gasteiger partial charge in [-0.1, -0.05) is 24.3 Å². The van der Waals surface area contributed by atoms with Gasteiger partial charge in [0.15, 0.2) is 11.5 Å². The summed E-state index contributed by atoms with van der Waals surface area (Å²) in [6.45, 7) is 3.12. The molecule has 0 heterocycles. The lowest BCUT2D eigenvalue weighted by Crippen LogP contribution is -2.03. The highest BCUT2D eigenvalue weighted by Gasteiger charge is 2.06. The van der Waals surface area contributed by atoms with E-state index in [0.29, 0.717) is 19.0 Å². The van der Waals surface area contributed by atoms with Crippen molar-refractivity contribution in [2.45, 2.75) is 18.4 Å².